The number of nitrogens with one attached hydrogen (secondary N) is 3. The Labute approximate surface area is 213 Å². The number of benzene rings is 2. The van der Waals surface area contributed by atoms with Crippen LogP contribution in [0, 0.1) is 0 Å². The van der Waals surface area contributed by atoms with Crippen LogP contribution in [0.25, 0.3) is 5.57 Å². The molecule has 1 saturated carbocycles. The van der Waals surface area contributed by atoms with E-state index in [1.165, 1.54) is 5.57 Å². The number of carbonyl (C=O) groups excluding carboxylic acids is 1. The van der Waals surface area contributed by atoms with Crippen LogP contribution in [0.1, 0.15) is 50.0 Å². The van der Waals surface area contributed by atoms with Crippen molar-refractivity contribution in [3.05, 3.63) is 65.9 Å². The molecular formula is C28H37N5O3. The molecule has 8 heteroatoms. The SMILES string of the molecule is COc1ccc(C2=CNC(Nc3ccc(C(O)N(C4CC4)C4CCN(C(C)=O)CC4)cc3)NC2)cc1. The van der Waals surface area contributed by atoms with E-state index in [9.17, 15) is 9.90 Å². The molecule has 2 fully saturated rings. The fourth-order valence-electron chi connectivity index (χ4n) is 5.23. The maximum atomic E-state index is 11.7. The Bertz CT molecular complexity index is 1060. The highest BCUT2D eigenvalue weighted by Crippen LogP contribution is 2.38. The first-order valence-corrected chi connectivity index (χ1v) is 12.9. The third-order valence-corrected chi connectivity index (χ3v) is 7.48. The highest BCUT2D eigenvalue weighted by atomic mass is 16.5. The quantitative estimate of drug-likeness (QED) is 0.422. The first kappa shape index (κ1) is 24.6. The lowest BCUT2D eigenvalue weighted by Gasteiger charge is -2.41. The average Bonchev–Trinajstić information content (AvgIpc) is 3.75. The van der Waals surface area contributed by atoms with Crippen LogP contribution in [0.3, 0.4) is 0 Å². The second-order valence-electron chi connectivity index (χ2n) is 9.93. The molecular weight excluding hydrogens is 454 g/mol. The number of ether oxygens (including phenoxy) is 1. The lowest BCUT2D eigenvalue weighted by molar-refractivity contribution is -0.131. The second-order valence-corrected chi connectivity index (χ2v) is 9.93. The molecule has 0 aromatic heterocycles. The Kier molecular flexibility index (Phi) is 7.46. The van der Waals surface area contributed by atoms with Gasteiger partial charge in [-0.1, -0.05) is 24.3 Å². The van der Waals surface area contributed by atoms with Crippen molar-refractivity contribution in [2.24, 2.45) is 0 Å². The van der Waals surface area contributed by atoms with E-state index < -0.39 is 6.23 Å². The van der Waals surface area contributed by atoms with Gasteiger partial charge in [-0.3, -0.25) is 15.0 Å². The molecule has 0 bridgehead atoms. The van der Waals surface area contributed by atoms with Gasteiger partial charge >= 0.3 is 0 Å². The van der Waals surface area contributed by atoms with E-state index >= 15 is 0 Å². The van der Waals surface area contributed by atoms with Crippen LogP contribution < -0.4 is 20.7 Å². The van der Waals surface area contributed by atoms with E-state index in [0.29, 0.717) is 12.1 Å². The Morgan fingerprint density at radius 2 is 1.72 bits per heavy atom. The molecule has 1 aliphatic carbocycles. The van der Waals surface area contributed by atoms with Gasteiger partial charge in [0.2, 0.25) is 5.91 Å². The van der Waals surface area contributed by atoms with Crippen LogP contribution in [0.5, 0.6) is 5.75 Å². The van der Waals surface area contributed by atoms with E-state index in [1.807, 2.05) is 47.5 Å². The summed E-state index contributed by atoms with van der Waals surface area (Å²) < 4.78 is 5.24. The van der Waals surface area contributed by atoms with Gasteiger partial charge in [0, 0.05) is 50.5 Å². The number of piperidine rings is 1. The summed E-state index contributed by atoms with van der Waals surface area (Å²) in [6.07, 6.45) is 5.43. The van der Waals surface area contributed by atoms with E-state index in [2.05, 4.69) is 33.0 Å². The molecule has 1 saturated heterocycles. The molecule has 192 valence electrons. The van der Waals surface area contributed by atoms with Gasteiger partial charge in [0.05, 0.1) is 7.11 Å². The summed E-state index contributed by atoms with van der Waals surface area (Å²) in [4.78, 5) is 15.9. The minimum Gasteiger partial charge on any atom is -0.497 e. The molecule has 2 aliphatic heterocycles. The number of nitrogens with zero attached hydrogens (tertiary/aromatic N) is 2. The lowest BCUT2D eigenvalue weighted by atomic mass is 10.0. The van der Waals surface area contributed by atoms with Crippen LogP contribution in [0.2, 0.25) is 0 Å². The Morgan fingerprint density at radius 3 is 2.28 bits per heavy atom. The van der Waals surface area contributed by atoms with Crippen molar-refractivity contribution < 1.29 is 14.6 Å². The number of hydrogen-bond donors (Lipinski definition) is 4. The predicted octanol–water partition coefficient (Wildman–Crippen LogP) is 3.09. The number of likely N-dealkylation sites (tertiary alicyclic amines) is 1. The van der Waals surface area contributed by atoms with E-state index in [0.717, 1.165) is 67.9 Å². The maximum Gasteiger partial charge on any atom is 0.219 e. The molecule has 2 heterocycles. The van der Waals surface area contributed by atoms with Crippen molar-refractivity contribution in [3.8, 4) is 5.75 Å². The fourth-order valence-corrected chi connectivity index (χ4v) is 5.23. The lowest BCUT2D eigenvalue weighted by Crippen LogP contribution is -2.49. The first-order valence-electron chi connectivity index (χ1n) is 12.9. The number of methoxy groups -OCH3 is 1. The van der Waals surface area contributed by atoms with Gasteiger partial charge in [-0.25, -0.2) is 0 Å². The highest BCUT2D eigenvalue weighted by molar-refractivity contribution is 5.73. The molecule has 0 radical (unpaired) electrons. The van der Waals surface area contributed by atoms with E-state index in [1.54, 1.807) is 14.0 Å². The first-order chi connectivity index (χ1) is 17.5. The Balaban J connectivity index is 1.17. The molecule has 4 N–H and O–H groups in total. The zero-order chi connectivity index (χ0) is 25.1. The van der Waals surface area contributed by atoms with Crippen LogP contribution in [0.15, 0.2) is 54.7 Å². The standard InChI is InChI=1S/C28H37N5O3/c1-19(34)32-15-13-25(14-16-32)33(24-9-10-24)27(35)21-3-7-23(8-4-21)31-28-29-17-22(18-30-28)20-5-11-26(36-2)12-6-20/h3-8,11-12,17,24-25,27-31,35H,9-10,13-16,18H2,1-2H3. The van der Waals surface area contributed by atoms with Gasteiger partial charge in [-0.15, -0.1) is 0 Å². The number of anilines is 1. The summed E-state index contributed by atoms with van der Waals surface area (Å²) in [5, 5.41) is 21.6. The molecule has 5 rings (SSSR count). The number of aliphatic hydroxyl groups excluding tert-OH is 1. The van der Waals surface area contributed by atoms with Gasteiger partial charge < -0.3 is 25.4 Å². The van der Waals surface area contributed by atoms with Crippen molar-refractivity contribution in [1.29, 1.82) is 0 Å². The van der Waals surface area contributed by atoms with Crippen LogP contribution in [-0.2, 0) is 4.79 Å². The summed E-state index contributed by atoms with van der Waals surface area (Å²) in [5.74, 6) is 0.993. The largest absolute Gasteiger partial charge is 0.497 e. The van der Waals surface area contributed by atoms with Crippen molar-refractivity contribution in [1.82, 2.24) is 20.4 Å². The minimum atomic E-state index is -0.624. The molecule has 8 nitrogen and oxygen atoms in total. The van der Waals surface area contributed by atoms with Crippen LogP contribution in [0.4, 0.5) is 5.69 Å². The van der Waals surface area contributed by atoms with Gasteiger partial charge in [-0.2, -0.15) is 0 Å². The maximum absolute atomic E-state index is 11.7. The minimum absolute atomic E-state index is 0.0859. The third-order valence-electron chi connectivity index (χ3n) is 7.48. The summed E-state index contributed by atoms with van der Waals surface area (Å²) in [7, 11) is 1.67. The number of aliphatic hydroxyl groups is 1. The van der Waals surface area contributed by atoms with Gasteiger partial charge in [0.25, 0.3) is 0 Å². The molecule has 2 atom stereocenters. The topological polar surface area (TPSA) is 89.1 Å². The number of rotatable bonds is 8. The zero-order valence-corrected chi connectivity index (χ0v) is 21.1. The van der Waals surface area contributed by atoms with E-state index in [4.69, 9.17) is 4.74 Å². The van der Waals surface area contributed by atoms with Crippen molar-refractivity contribution in [3.63, 3.8) is 0 Å². The molecule has 2 aromatic carbocycles. The van der Waals surface area contributed by atoms with Crippen molar-refractivity contribution >= 4 is 17.2 Å². The Hall–Kier alpha value is -3.07. The molecule has 36 heavy (non-hydrogen) atoms. The van der Waals surface area contributed by atoms with Gasteiger partial charge in [-0.05, 0) is 66.6 Å². The fraction of sp³-hybridized carbons (Fsp3) is 0.464. The van der Waals surface area contributed by atoms with Crippen LogP contribution >= 0.6 is 0 Å². The highest BCUT2D eigenvalue weighted by Gasteiger charge is 2.39. The molecule has 2 aromatic rings. The molecule has 1 amide bonds. The zero-order valence-electron chi connectivity index (χ0n) is 21.1. The smallest absolute Gasteiger partial charge is 0.219 e. The van der Waals surface area contributed by atoms with Gasteiger partial charge in [0.15, 0.2) is 6.29 Å². The summed E-state index contributed by atoms with van der Waals surface area (Å²) in [5.41, 5.74) is 4.22. The predicted molar refractivity (Wildman–Crippen MR) is 141 cm³/mol. The number of hydrogen-bond acceptors (Lipinski definition) is 7. The van der Waals surface area contributed by atoms with E-state index in [-0.39, 0.29) is 12.2 Å². The van der Waals surface area contributed by atoms with Crippen molar-refractivity contribution in [2.75, 3.05) is 32.1 Å². The average molecular weight is 492 g/mol. The van der Waals surface area contributed by atoms with Crippen molar-refractivity contribution in [2.45, 2.75) is 57.2 Å². The Morgan fingerprint density at radius 1 is 1.06 bits per heavy atom. The molecule has 3 aliphatic rings. The molecule has 0 spiro atoms. The second kappa shape index (κ2) is 10.9. The van der Waals surface area contributed by atoms with Gasteiger partial charge in [0.1, 0.15) is 12.0 Å². The van der Waals surface area contributed by atoms with Crippen LogP contribution in [-0.4, -0.2) is 65.9 Å². The molecule has 2 unspecified atom stereocenters. The summed E-state index contributed by atoms with van der Waals surface area (Å²) >= 11 is 0. The summed E-state index contributed by atoms with van der Waals surface area (Å²) in [6.45, 7) is 3.92. The number of carbonyl (C=O) groups is 1. The monoisotopic (exact) mass is 491 g/mol. The number of amides is 1. The third kappa shape index (κ3) is 5.67. The normalized spacial score (nSPS) is 21.5. The summed E-state index contributed by atoms with van der Waals surface area (Å²) in [6, 6.07) is 16.9.